The second kappa shape index (κ2) is 4.89. The molecule has 0 N–H and O–H groups in total. The second-order valence-corrected chi connectivity index (χ2v) is 9.01. The third-order valence-electron chi connectivity index (χ3n) is 5.62. The molecular weight excluding hydrogens is 357 g/mol. The van der Waals surface area contributed by atoms with Gasteiger partial charge in [0.15, 0.2) is 0 Å². The van der Waals surface area contributed by atoms with E-state index in [4.69, 9.17) is 10.00 Å². The topological polar surface area (TPSA) is 70.4 Å². The summed E-state index contributed by atoms with van der Waals surface area (Å²) in [5.41, 5.74) is -2.24. The van der Waals surface area contributed by atoms with E-state index in [0.717, 1.165) is 22.9 Å². The number of halogens is 3. The SMILES string of the molecule is C[C@@]12CC[C@@H](O1)[C@H]1[C@@H]2CN(c2ccc(C#N)c(C(F)(F)F)c2)S1(=O)=O. The smallest absolute Gasteiger partial charge is 0.370 e. The lowest BCUT2D eigenvalue weighted by molar-refractivity contribution is -0.137. The molecule has 134 valence electrons. The summed E-state index contributed by atoms with van der Waals surface area (Å²) < 4.78 is 72.3. The molecule has 5 nitrogen and oxygen atoms in total. The molecule has 3 saturated heterocycles. The van der Waals surface area contributed by atoms with Gasteiger partial charge in [0.2, 0.25) is 10.0 Å². The zero-order valence-electron chi connectivity index (χ0n) is 13.2. The summed E-state index contributed by atoms with van der Waals surface area (Å²) >= 11 is 0. The van der Waals surface area contributed by atoms with Gasteiger partial charge in [0.05, 0.1) is 34.6 Å². The maximum Gasteiger partial charge on any atom is 0.417 e. The molecule has 3 heterocycles. The van der Waals surface area contributed by atoms with Crippen molar-refractivity contribution >= 4 is 15.7 Å². The Morgan fingerprint density at radius 1 is 1.40 bits per heavy atom. The average Bonchev–Trinajstić information content (AvgIpc) is 3.13. The normalized spacial score (nSPS) is 35.6. The molecule has 25 heavy (non-hydrogen) atoms. The fourth-order valence-corrected chi connectivity index (χ4v) is 6.83. The van der Waals surface area contributed by atoms with Crippen LogP contribution in [-0.2, 0) is 20.9 Å². The molecule has 0 aromatic heterocycles. The van der Waals surface area contributed by atoms with Gasteiger partial charge in [-0.2, -0.15) is 18.4 Å². The van der Waals surface area contributed by atoms with E-state index in [1.54, 1.807) is 0 Å². The molecule has 4 rings (SSSR count). The average molecular weight is 372 g/mol. The van der Waals surface area contributed by atoms with Gasteiger partial charge in [-0.1, -0.05) is 0 Å². The summed E-state index contributed by atoms with van der Waals surface area (Å²) in [6.45, 7) is 1.97. The fourth-order valence-electron chi connectivity index (χ4n) is 4.40. The van der Waals surface area contributed by atoms with Crippen molar-refractivity contribution in [1.82, 2.24) is 0 Å². The lowest BCUT2D eigenvalue weighted by Gasteiger charge is -2.27. The predicted molar refractivity (Wildman–Crippen MR) is 82.2 cm³/mol. The van der Waals surface area contributed by atoms with Gasteiger partial charge < -0.3 is 4.74 Å². The summed E-state index contributed by atoms with van der Waals surface area (Å²) in [6, 6.07) is 4.54. The van der Waals surface area contributed by atoms with Crippen molar-refractivity contribution in [1.29, 1.82) is 5.26 Å². The number of hydrogen-bond acceptors (Lipinski definition) is 4. The number of fused-ring (bicyclic) bond motifs is 5. The number of ether oxygens (including phenoxy) is 1. The highest BCUT2D eigenvalue weighted by molar-refractivity contribution is 7.93. The van der Waals surface area contributed by atoms with E-state index in [1.165, 1.54) is 12.1 Å². The maximum atomic E-state index is 13.2. The van der Waals surface area contributed by atoms with Crippen LogP contribution in [0.25, 0.3) is 0 Å². The lowest BCUT2D eigenvalue weighted by Crippen LogP contribution is -2.38. The molecule has 1 aromatic rings. The number of anilines is 1. The van der Waals surface area contributed by atoms with E-state index in [-0.39, 0.29) is 18.2 Å². The van der Waals surface area contributed by atoms with E-state index >= 15 is 0 Å². The minimum Gasteiger partial charge on any atom is -0.370 e. The Morgan fingerprint density at radius 2 is 2.12 bits per heavy atom. The van der Waals surface area contributed by atoms with Crippen molar-refractivity contribution in [3.05, 3.63) is 29.3 Å². The van der Waals surface area contributed by atoms with Crippen LogP contribution in [0, 0.1) is 17.2 Å². The first-order valence-electron chi connectivity index (χ1n) is 7.89. The molecule has 0 unspecified atom stereocenters. The number of hydrogen-bond donors (Lipinski definition) is 0. The van der Waals surface area contributed by atoms with Gasteiger partial charge in [-0.05, 0) is 38.0 Å². The van der Waals surface area contributed by atoms with E-state index in [2.05, 4.69) is 0 Å². The highest BCUT2D eigenvalue weighted by atomic mass is 32.2. The first-order valence-corrected chi connectivity index (χ1v) is 9.39. The molecule has 0 aliphatic carbocycles. The molecule has 3 aliphatic rings. The van der Waals surface area contributed by atoms with E-state index < -0.39 is 44.3 Å². The van der Waals surface area contributed by atoms with Gasteiger partial charge in [0.1, 0.15) is 5.25 Å². The van der Waals surface area contributed by atoms with Crippen LogP contribution < -0.4 is 4.31 Å². The highest BCUT2D eigenvalue weighted by Gasteiger charge is 2.66. The Bertz CT molecular complexity index is 893. The van der Waals surface area contributed by atoms with Crippen LogP contribution in [0.3, 0.4) is 0 Å². The van der Waals surface area contributed by atoms with Crippen LogP contribution in [0.4, 0.5) is 18.9 Å². The van der Waals surface area contributed by atoms with E-state index in [0.29, 0.717) is 6.42 Å². The zero-order valence-corrected chi connectivity index (χ0v) is 14.1. The summed E-state index contributed by atoms with van der Waals surface area (Å²) in [4.78, 5) is 0. The Labute approximate surface area is 143 Å². The number of sulfonamides is 1. The highest BCUT2D eigenvalue weighted by Crippen LogP contribution is 2.54. The quantitative estimate of drug-likeness (QED) is 0.760. The zero-order chi connectivity index (χ0) is 18.2. The molecule has 3 fully saturated rings. The second-order valence-electron chi connectivity index (χ2n) is 6.99. The van der Waals surface area contributed by atoms with Crippen LogP contribution in [0.15, 0.2) is 18.2 Å². The Hall–Kier alpha value is -1.79. The maximum absolute atomic E-state index is 13.2. The summed E-state index contributed by atoms with van der Waals surface area (Å²) in [7, 11) is -3.81. The predicted octanol–water partition coefficient (Wildman–Crippen LogP) is 2.66. The molecule has 0 radical (unpaired) electrons. The Morgan fingerprint density at radius 3 is 2.72 bits per heavy atom. The molecular formula is C16H15F3N2O3S. The molecule has 0 spiro atoms. The van der Waals surface area contributed by atoms with Crippen molar-refractivity contribution in [3.8, 4) is 6.07 Å². The van der Waals surface area contributed by atoms with Crippen molar-refractivity contribution in [2.24, 2.45) is 5.92 Å². The van der Waals surface area contributed by atoms with Crippen LogP contribution in [0.5, 0.6) is 0 Å². The van der Waals surface area contributed by atoms with Gasteiger partial charge >= 0.3 is 6.18 Å². The molecule has 1 aromatic carbocycles. The van der Waals surface area contributed by atoms with Gasteiger partial charge in [-0.3, -0.25) is 4.31 Å². The van der Waals surface area contributed by atoms with Crippen molar-refractivity contribution in [2.45, 2.75) is 42.9 Å². The monoisotopic (exact) mass is 372 g/mol. The number of nitrogens with zero attached hydrogens (tertiary/aromatic N) is 2. The van der Waals surface area contributed by atoms with E-state index in [9.17, 15) is 21.6 Å². The van der Waals surface area contributed by atoms with Gasteiger partial charge in [-0.15, -0.1) is 0 Å². The summed E-state index contributed by atoms with van der Waals surface area (Å²) in [5.74, 6) is -0.263. The molecule has 0 saturated carbocycles. The number of benzene rings is 1. The lowest BCUT2D eigenvalue weighted by atomic mass is 9.79. The number of alkyl halides is 3. The minimum absolute atomic E-state index is 0.0521. The minimum atomic E-state index is -4.73. The standard InChI is InChI=1S/C16H15F3N2O3S/c1-15-5-4-13(24-15)14-12(15)8-21(25(14,22)23)10-3-2-9(7-20)11(6-10)16(17,18)19/h2-3,6,12-14H,4-5,8H2,1H3/t12-,13+,14+,15-/m0/s1. The van der Waals surface area contributed by atoms with Crippen molar-refractivity contribution in [3.63, 3.8) is 0 Å². The first-order chi connectivity index (χ1) is 11.6. The largest absolute Gasteiger partial charge is 0.417 e. The van der Waals surface area contributed by atoms with Crippen molar-refractivity contribution < 1.29 is 26.3 Å². The van der Waals surface area contributed by atoms with Gasteiger partial charge in [0.25, 0.3) is 0 Å². The van der Waals surface area contributed by atoms with Gasteiger partial charge in [-0.25, -0.2) is 8.42 Å². The fraction of sp³-hybridized carbons (Fsp3) is 0.562. The van der Waals surface area contributed by atoms with Crippen LogP contribution in [0.2, 0.25) is 0 Å². The van der Waals surface area contributed by atoms with Crippen LogP contribution in [-0.4, -0.2) is 31.9 Å². The summed E-state index contributed by atoms with van der Waals surface area (Å²) in [6.07, 6.45) is -3.73. The van der Waals surface area contributed by atoms with Crippen LogP contribution >= 0.6 is 0 Å². The van der Waals surface area contributed by atoms with Crippen molar-refractivity contribution in [2.75, 3.05) is 10.8 Å². The third-order valence-corrected chi connectivity index (χ3v) is 7.92. The molecule has 9 heteroatoms. The third kappa shape index (κ3) is 2.20. The Kier molecular flexibility index (Phi) is 3.26. The molecule has 3 aliphatic heterocycles. The van der Waals surface area contributed by atoms with Gasteiger partial charge in [0, 0.05) is 12.5 Å². The number of rotatable bonds is 1. The van der Waals surface area contributed by atoms with Crippen LogP contribution in [0.1, 0.15) is 30.9 Å². The molecule has 2 bridgehead atoms. The number of nitriles is 1. The Balaban J connectivity index is 1.78. The first kappa shape index (κ1) is 16.7. The van der Waals surface area contributed by atoms with E-state index in [1.807, 2.05) is 6.92 Å². The molecule has 4 atom stereocenters. The molecule has 0 amide bonds. The summed E-state index contributed by atoms with van der Waals surface area (Å²) in [5, 5.41) is 8.17.